The Morgan fingerprint density at radius 1 is 1.10 bits per heavy atom. The summed E-state index contributed by atoms with van der Waals surface area (Å²) in [7, 11) is 9.72. The molecule has 1 N–H and O–H groups in total. The van der Waals surface area contributed by atoms with Gasteiger partial charge >= 0.3 is 34.1 Å². The molecule has 0 saturated carbocycles. The van der Waals surface area contributed by atoms with Gasteiger partial charge < -0.3 is 5.73 Å². The molecule has 0 amide bonds. The van der Waals surface area contributed by atoms with Crippen molar-refractivity contribution in [3.63, 3.8) is 0 Å². The van der Waals surface area contributed by atoms with Gasteiger partial charge in [0.25, 0.3) is 0 Å². The van der Waals surface area contributed by atoms with E-state index in [4.69, 9.17) is 25.4 Å². The molecule has 0 aromatic heterocycles. The minimum Gasteiger partial charge on any atom is -0.699 e. The van der Waals surface area contributed by atoms with E-state index >= 15 is 0 Å². The van der Waals surface area contributed by atoms with Crippen LogP contribution in [0.3, 0.4) is 0 Å². The first-order valence-corrected chi connectivity index (χ1v) is 6.34. The first-order chi connectivity index (χ1) is 4.81. The predicted molar refractivity (Wildman–Crippen MR) is 42.1 cm³/mol. The Morgan fingerprint density at radius 2 is 1.50 bits per heavy atom. The van der Waals surface area contributed by atoms with Crippen molar-refractivity contribution in [2.24, 2.45) is 0 Å². The van der Waals surface area contributed by atoms with Crippen LogP contribution < -0.4 is 0 Å². The van der Waals surface area contributed by atoms with Crippen molar-refractivity contribution in [3.05, 3.63) is 36.1 Å². The standard InChI is InChI=1S/C6H6N.2ClH.V/c7-6-4-2-1-3-5-6;;;/h1-5,7H;2*1H;/q-1;;;+2/p-2. The Kier molecular flexibility index (Phi) is 7.43. The molecule has 0 aliphatic rings. The molecular formula is C6H6Cl2NV-. The number of nitrogens with one attached hydrogen (secondary N) is 1. The van der Waals surface area contributed by atoms with Gasteiger partial charge in [0.1, 0.15) is 0 Å². The van der Waals surface area contributed by atoms with E-state index in [9.17, 15) is 0 Å². The van der Waals surface area contributed by atoms with E-state index in [0.29, 0.717) is 5.69 Å². The minimum atomic E-state index is -0.368. The molecule has 0 radical (unpaired) electrons. The smallest absolute Gasteiger partial charge is 0.0624 e. The summed E-state index contributed by atoms with van der Waals surface area (Å²) in [6, 6.07) is 9.10. The van der Waals surface area contributed by atoms with Gasteiger partial charge in [-0.05, 0) is 0 Å². The van der Waals surface area contributed by atoms with Crippen LogP contribution in [0, 0.1) is 0 Å². The van der Waals surface area contributed by atoms with E-state index in [2.05, 4.69) is 0 Å². The Morgan fingerprint density at radius 3 is 1.70 bits per heavy atom. The molecule has 4 heteroatoms. The molecule has 0 bridgehead atoms. The zero-order valence-electron chi connectivity index (χ0n) is 5.09. The molecule has 1 nitrogen and oxygen atoms in total. The SMILES string of the molecule is [Cl][V][Cl].[NH-]c1ccccc1. The summed E-state index contributed by atoms with van der Waals surface area (Å²) in [5.74, 6) is 0. The molecule has 1 aromatic rings. The maximum atomic E-state index is 7.00. The molecule has 0 unspecified atom stereocenters. The average Bonchev–Trinajstić information content (AvgIpc) is 1.91. The first kappa shape index (κ1) is 10.2. The summed E-state index contributed by atoms with van der Waals surface area (Å²) < 4.78 is 0. The topological polar surface area (TPSA) is 23.8 Å². The fourth-order valence-electron chi connectivity index (χ4n) is 0.438. The third-order valence-corrected chi connectivity index (χ3v) is 0.774. The van der Waals surface area contributed by atoms with Crippen molar-refractivity contribution in [3.8, 4) is 0 Å². The summed E-state index contributed by atoms with van der Waals surface area (Å²) in [6.07, 6.45) is 0. The first-order valence-electron chi connectivity index (χ1n) is 2.50. The Labute approximate surface area is 75.8 Å². The number of halogens is 2. The van der Waals surface area contributed by atoms with Crippen LogP contribution >= 0.6 is 19.7 Å². The van der Waals surface area contributed by atoms with Crippen LogP contribution in [0.5, 0.6) is 0 Å². The number of benzene rings is 1. The molecule has 0 saturated heterocycles. The molecule has 55 valence electrons. The van der Waals surface area contributed by atoms with Crippen LogP contribution in [0.2, 0.25) is 0 Å². The number of hydrogen-bond donors (Lipinski definition) is 0. The minimum absolute atomic E-state index is 0.368. The van der Waals surface area contributed by atoms with Crippen molar-refractivity contribution in [1.82, 2.24) is 0 Å². The van der Waals surface area contributed by atoms with Crippen molar-refractivity contribution < 1.29 is 14.4 Å². The van der Waals surface area contributed by atoms with Crippen molar-refractivity contribution in [2.45, 2.75) is 0 Å². The molecule has 0 aliphatic heterocycles. The predicted octanol–water partition coefficient (Wildman–Crippen LogP) is 3.75. The quantitative estimate of drug-likeness (QED) is 0.627. The van der Waals surface area contributed by atoms with Gasteiger partial charge in [-0.2, -0.15) is 0 Å². The van der Waals surface area contributed by atoms with Gasteiger partial charge in [0.2, 0.25) is 0 Å². The van der Waals surface area contributed by atoms with E-state index in [1.165, 1.54) is 0 Å². The van der Waals surface area contributed by atoms with E-state index in [1.807, 2.05) is 18.2 Å². The second-order valence-electron chi connectivity index (χ2n) is 1.43. The van der Waals surface area contributed by atoms with Crippen LogP contribution in [0.1, 0.15) is 0 Å². The Hall–Kier alpha value is 0.184. The molecule has 10 heavy (non-hydrogen) atoms. The van der Waals surface area contributed by atoms with Gasteiger partial charge in [0.05, 0.1) is 0 Å². The molecule has 0 heterocycles. The second-order valence-corrected chi connectivity index (χ2v) is 3.74. The van der Waals surface area contributed by atoms with Gasteiger partial charge in [-0.15, -0.1) is 5.69 Å². The van der Waals surface area contributed by atoms with Gasteiger partial charge in [0, 0.05) is 0 Å². The fourth-order valence-corrected chi connectivity index (χ4v) is 0.438. The van der Waals surface area contributed by atoms with Gasteiger partial charge in [0.15, 0.2) is 0 Å². The number of hydrogen-bond acceptors (Lipinski definition) is 0. The molecule has 0 spiro atoms. The summed E-state index contributed by atoms with van der Waals surface area (Å²) in [5.41, 5.74) is 7.57. The van der Waals surface area contributed by atoms with E-state index in [0.717, 1.165) is 0 Å². The largest absolute Gasteiger partial charge is 0.699 e. The van der Waals surface area contributed by atoms with Crippen molar-refractivity contribution in [2.75, 3.05) is 0 Å². The molecule has 0 aliphatic carbocycles. The van der Waals surface area contributed by atoms with E-state index in [-0.39, 0.29) is 14.4 Å². The van der Waals surface area contributed by atoms with Gasteiger partial charge in [-0.25, -0.2) is 0 Å². The monoisotopic (exact) mass is 213 g/mol. The van der Waals surface area contributed by atoms with Crippen LogP contribution in [-0.4, -0.2) is 0 Å². The average molecular weight is 214 g/mol. The van der Waals surface area contributed by atoms with Crippen molar-refractivity contribution in [1.29, 1.82) is 0 Å². The molecule has 1 rings (SSSR count). The third kappa shape index (κ3) is 6.31. The van der Waals surface area contributed by atoms with Crippen LogP contribution in [-0.2, 0) is 14.4 Å². The summed E-state index contributed by atoms with van der Waals surface area (Å²) in [6.45, 7) is 0. The van der Waals surface area contributed by atoms with E-state index < -0.39 is 0 Å². The maximum absolute atomic E-state index is 7.00. The Bertz CT molecular complexity index is 157. The summed E-state index contributed by atoms with van der Waals surface area (Å²) >= 11 is -0.368. The molecule has 0 atom stereocenters. The summed E-state index contributed by atoms with van der Waals surface area (Å²) in [4.78, 5) is 0. The summed E-state index contributed by atoms with van der Waals surface area (Å²) in [5, 5.41) is 0. The zero-order chi connectivity index (χ0) is 7.82. The van der Waals surface area contributed by atoms with Crippen LogP contribution in [0.15, 0.2) is 30.3 Å². The van der Waals surface area contributed by atoms with Crippen molar-refractivity contribution >= 4 is 25.4 Å². The second kappa shape index (κ2) is 7.29. The van der Waals surface area contributed by atoms with Crippen LogP contribution in [0.4, 0.5) is 5.69 Å². The molecule has 1 aromatic carbocycles. The van der Waals surface area contributed by atoms with Crippen LogP contribution in [0.25, 0.3) is 5.73 Å². The zero-order valence-corrected chi connectivity index (χ0v) is 8.00. The number of rotatable bonds is 0. The van der Waals surface area contributed by atoms with E-state index in [1.54, 1.807) is 12.1 Å². The third-order valence-electron chi connectivity index (χ3n) is 0.774. The molecule has 0 fully saturated rings. The molecular weight excluding hydrogens is 208 g/mol. The fraction of sp³-hybridized carbons (Fsp3) is 0. The Balaban J connectivity index is 0.000000236. The van der Waals surface area contributed by atoms with Gasteiger partial charge in [-0.3, -0.25) is 0 Å². The normalized spacial score (nSPS) is 7.40. The van der Waals surface area contributed by atoms with Gasteiger partial charge in [-0.1, -0.05) is 30.3 Å². The maximum Gasteiger partial charge on any atom is -0.0624 e.